The maximum Gasteiger partial charge on any atom is 0.122 e. The van der Waals surface area contributed by atoms with Crippen LogP contribution in [0.2, 0.25) is 0 Å². The molecule has 3 nitrogen and oxygen atoms in total. The van der Waals surface area contributed by atoms with Crippen LogP contribution in [-0.4, -0.2) is 35.7 Å². The third-order valence-corrected chi connectivity index (χ3v) is 5.11. The van der Waals surface area contributed by atoms with Gasteiger partial charge in [0.15, 0.2) is 0 Å². The number of piperidine rings is 1. The predicted molar refractivity (Wildman–Crippen MR) is 73.4 cm³/mol. The molecule has 2 atom stereocenters. The van der Waals surface area contributed by atoms with Crippen molar-refractivity contribution in [2.24, 2.45) is 0 Å². The highest BCUT2D eigenvalue weighted by atomic mass is 16.5. The number of ether oxygens (including phenoxy) is 1. The second-order valence-electron chi connectivity index (χ2n) is 6.24. The van der Waals surface area contributed by atoms with Crippen LogP contribution in [0, 0.1) is 0 Å². The molecule has 0 spiro atoms. The minimum Gasteiger partial charge on any atom is -0.493 e. The second kappa shape index (κ2) is 4.22. The summed E-state index contributed by atoms with van der Waals surface area (Å²) in [6.07, 6.45) is 5.28. The van der Waals surface area contributed by atoms with Gasteiger partial charge >= 0.3 is 0 Å². The van der Waals surface area contributed by atoms with Crippen molar-refractivity contribution in [1.29, 1.82) is 0 Å². The van der Waals surface area contributed by atoms with Crippen molar-refractivity contribution >= 4 is 0 Å². The Morgan fingerprint density at radius 1 is 1.32 bits per heavy atom. The normalized spacial score (nSPS) is 33.8. The van der Waals surface area contributed by atoms with Crippen molar-refractivity contribution in [2.45, 2.75) is 43.7 Å². The van der Waals surface area contributed by atoms with E-state index < -0.39 is 5.60 Å². The van der Waals surface area contributed by atoms with Gasteiger partial charge in [-0.1, -0.05) is 6.07 Å². The lowest BCUT2D eigenvalue weighted by molar-refractivity contribution is -0.0409. The molecule has 3 aliphatic rings. The van der Waals surface area contributed by atoms with E-state index in [4.69, 9.17) is 4.74 Å². The fraction of sp³-hybridized carbons (Fsp3) is 0.625. The van der Waals surface area contributed by atoms with Crippen molar-refractivity contribution in [2.75, 3.05) is 19.7 Å². The predicted octanol–water partition coefficient (Wildman–Crippen LogP) is 2.07. The Bertz CT molecular complexity index is 502. The molecule has 19 heavy (non-hydrogen) atoms. The highest BCUT2D eigenvalue weighted by Gasteiger charge is 2.41. The molecule has 3 aliphatic heterocycles. The summed E-state index contributed by atoms with van der Waals surface area (Å²) < 4.78 is 5.55. The van der Waals surface area contributed by atoms with E-state index in [0.29, 0.717) is 6.04 Å². The molecule has 3 heterocycles. The Kier molecular flexibility index (Phi) is 2.61. The summed E-state index contributed by atoms with van der Waals surface area (Å²) >= 11 is 0. The summed E-state index contributed by atoms with van der Waals surface area (Å²) in [6.45, 7) is 3.04. The fourth-order valence-electron chi connectivity index (χ4n) is 3.98. The standard InChI is InChI=1S/C16H21NO2/c18-16(6-8-17-7-1-2-14(17)11-16)13-3-4-15-12(10-13)5-9-19-15/h3-4,10,14,18H,1-2,5-9,11H2. The first-order valence-corrected chi connectivity index (χ1v) is 7.47. The van der Waals surface area contributed by atoms with Crippen molar-refractivity contribution in [3.8, 4) is 5.75 Å². The molecule has 0 aromatic heterocycles. The molecule has 0 bridgehead atoms. The van der Waals surface area contributed by atoms with E-state index >= 15 is 0 Å². The van der Waals surface area contributed by atoms with Crippen LogP contribution in [0.1, 0.15) is 36.8 Å². The Hall–Kier alpha value is -1.06. The second-order valence-corrected chi connectivity index (χ2v) is 6.24. The molecule has 3 heteroatoms. The zero-order chi connectivity index (χ0) is 12.9. The van der Waals surface area contributed by atoms with E-state index in [1.807, 2.05) is 6.07 Å². The minimum absolute atomic E-state index is 0.586. The topological polar surface area (TPSA) is 32.7 Å². The average Bonchev–Trinajstić information content (AvgIpc) is 3.05. The maximum absolute atomic E-state index is 11.1. The Labute approximate surface area is 114 Å². The molecule has 102 valence electrons. The summed E-state index contributed by atoms with van der Waals surface area (Å²) in [5.41, 5.74) is 1.74. The molecule has 0 aliphatic carbocycles. The zero-order valence-electron chi connectivity index (χ0n) is 11.3. The van der Waals surface area contributed by atoms with Crippen molar-refractivity contribution in [1.82, 2.24) is 4.90 Å². The minimum atomic E-state index is -0.622. The molecule has 1 aromatic carbocycles. The van der Waals surface area contributed by atoms with Gasteiger partial charge in [0.05, 0.1) is 12.2 Å². The third-order valence-electron chi connectivity index (χ3n) is 5.11. The molecule has 2 saturated heterocycles. The van der Waals surface area contributed by atoms with Gasteiger partial charge in [-0.25, -0.2) is 0 Å². The van der Waals surface area contributed by atoms with Crippen LogP contribution < -0.4 is 4.74 Å². The number of fused-ring (bicyclic) bond motifs is 2. The largest absolute Gasteiger partial charge is 0.493 e. The van der Waals surface area contributed by atoms with Crippen LogP contribution in [0.3, 0.4) is 0 Å². The molecule has 4 rings (SSSR count). The lowest BCUT2D eigenvalue weighted by atomic mass is 9.80. The fourth-order valence-corrected chi connectivity index (χ4v) is 3.98. The van der Waals surface area contributed by atoms with Gasteiger partial charge in [0.25, 0.3) is 0 Å². The Morgan fingerprint density at radius 2 is 2.26 bits per heavy atom. The summed E-state index contributed by atoms with van der Waals surface area (Å²) in [5.74, 6) is 1.01. The van der Waals surface area contributed by atoms with Gasteiger partial charge in [-0.3, -0.25) is 0 Å². The third kappa shape index (κ3) is 1.87. The zero-order valence-corrected chi connectivity index (χ0v) is 11.3. The molecular weight excluding hydrogens is 238 g/mol. The van der Waals surface area contributed by atoms with Crippen LogP contribution in [-0.2, 0) is 12.0 Å². The SMILES string of the molecule is OC1(c2ccc3c(c2)CCO3)CCN2CCCC2C1. The van der Waals surface area contributed by atoms with Gasteiger partial charge in [0, 0.05) is 19.0 Å². The highest BCUT2D eigenvalue weighted by molar-refractivity contribution is 5.42. The monoisotopic (exact) mass is 259 g/mol. The van der Waals surface area contributed by atoms with Crippen LogP contribution in [0.5, 0.6) is 5.75 Å². The summed E-state index contributed by atoms with van der Waals surface area (Å²) in [5, 5.41) is 11.1. The lowest BCUT2D eigenvalue weighted by Gasteiger charge is -2.41. The first-order chi connectivity index (χ1) is 9.24. The molecular formula is C16H21NO2. The first kappa shape index (κ1) is 11.7. The van der Waals surface area contributed by atoms with Crippen molar-refractivity contribution < 1.29 is 9.84 Å². The van der Waals surface area contributed by atoms with Gasteiger partial charge in [-0.05, 0) is 55.5 Å². The number of benzene rings is 1. The van der Waals surface area contributed by atoms with Gasteiger partial charge in [0.2, 0.25) is 0 Å². The summed E-state index contributed by atoms with van der Waals surface area (Å²) in [7, 11) is 0. The van der Waals surface area contributed by atoms with Gasteiger partial charge in [0.1, 0.15) is 5.75 Å². The van der Waals surface area contributed by atoms with E-state index in [0.717, 1.165) is 43.7 Å². The van der Waals surface area contributed by atoms with Crippen molar-refractivity contribution in [3.63, 3.8) is 0 Å². The molecule has 0 saturated carbocycles. The molecule has 2 unspecified atom stereocenters. The highest BCUT2D eigenvalue weighted by Crippen LogP contribution is 2.41. The summed E-state index contributed by atoms with van der Waals surface area (Å²) in [4.78, 5) is 2.55. The van der Waals surface area contributed by atoms with E-state index in [-0.39, 0.29) is 0 Å². The first-order valence-electron chi connectivity index (χ1n) is 7.47. The lowest BCUT2D eigenvalue weighted by Crippen LogP contribution is -2.46. The smallest absolute Gasteiger partial charge is 0.122 e. The van der Waals surface area contributed by atoms with Gasteiger partial charge in [-0.2, -0.15) is 0 Å². The van der Waals surface area contributed by atoms with E-state index in [1.165, 1.54) is 24.9 Å². The number of hydrogen-bond acceptors (Lipinski definition) is 3. The average molecular weight is 259 g/mol. The number of nitrogens with zero attached hydrogens (tertiary/aromatic N) is 1. The molecule has 0 radical (unpaired) electrons. The van der Waals surface area contributed by atoms with Crippen LogP contribution in [0.4, 0.5) is 0 Å². The number of aliphatic hydroxyl groups is 1. The van der Waals surface area contributed by atoms with E-state index in [1.54, 1.807) is 0 Å². The maximum atomic E-state index is 11.1. The van der Waals surface area contributed by atoms with E-state index in [9.17, 15) is 5.11 Å². The Morgan fingerprint density at radius 3 is 3.21 bits per heavy atom. The van der Waals surface area contributed by atoms with Crippen LogP contribution in [0.15, 0.2) is 18.2 Å². The molecule has 1 N–H and O–H groups in total. The number of rotatable bonds is 1. The Balaban J connectivity index is 1.63. The quantitative estimate of drug-likeness (QED) is 0.838. The van der Waals surface area contributed by atoms with E-state index in [2.05, 4.69) is 17.0 Å². The summed E-state index contributed by atoms with van der Waals surface area (Å²) in [6, 6.07) is 6.86. The van der Waals surface area contributed by atoms with Gasteiger partial charge < -0.3 is 14.7 Å². The van der Waals surface area contributed by atoms with Crippen molar-refractivity contribution in [3.05, 3.63) is 29.3 Å². The van der Waals surface area contributed by atoms with Gasteiger partial charge in [-0.15, -0.1) is 0 Å². The molecule has 2 fully saturated rings. The molecule has 1 aromatic rings. The number of hydrogen-bond donors (Lipinski definition) is 1. The van der Waals surface area contributed by atoms with Crippen LogP contribution in [0.25, 0.3) is 0 Å². The molecule has 0 amide bonds. The van der Waals surface area contributed by atoms with Crippen LogP contribution >= 0.6 is 0 Å².